The number of aliphatic carboxylic acids is 1. The molecule has 0 heterocycles. The summed E-state index contributed by atoms with van der Waals surface area (Å²) in [5.41, 5.74) is 0.0581. The number of benzene rings is 1. The van der Waals surface area contributed by atoms with E-state index in [0.717, 1.165) is 12.1 Å². The molecule has 70 valence electrons. The van der Waals surface area contributed by atoms with Crippen molar-refractivity contribution in [3.8, 4) is 17.2 Å². The van der Waals surface area contributed by atoms with E-state index in [1.807, 2.05) is 0 Å². The van der Waals surface area contributed by atoms with Crippen LogP contribution in [0.4, 0.5) is 0 Å². The Morgan fingerprint density at radius 1 is 1.08 bits per heavy atom. The van der Waals surface area contributed by atoms with Gasteiger partial charge in [-0.25, -0.2) is 0 Å². The summed E-state index contributed by atoms with van der Waals surface area (Å²) in [5, 5.41) is 35.4. The summed E-state index contributed by atoms with van der Waals surface area (Å²) in [6, 6.07) is 1.91. The van der Waals surface area contributed by atoms with Gasteiger partial charge in [-0.15, -0.1) is 0 Å². The first kappa shape index (κ1) is 9.18. The highest BCUT2D eigenvalue weighted by molar-refractivity contribution is 5.72. The van der Waals surface area contributed by atoms with Crippen molar-refractivity contribution < 1.29 is 25.2 Å². The fourth-order valence-electron chi connectivity index (χ4n) is 0.914. The maximum atomic E-state index is 10.3. The lowest BCUT2D eigenvalue weighted by atomic mass is 10.1. The van der Waals surface area contributed by atoms with Crippen molar-refractivity contribution in [1.29, 1.82) is 0 Å². The Kier molecular flexibility index (Phi) is 2.27. The van der Waals surface area contributed by atoms with Gasteiger partial charge in [-0.1, -0.05) is 0 Å². The maximum Gasteiger partial charge on any atom is 0.307 e. The molecule has 1 aromatic carbocycles. The number of carboxylic acid groups (broad SMARTS) is 1. The van der Waals surface area contributed by atoms with E-state index in [-0.39, 0.29) is 11.3 Å². The fourth-order valence-corrected chi connectivity index (χ4v) is 0.914. The summed E-state index contributed by atoms with van der Waals surface area (Å²) in [7, 11) is 0. The Hall–Kier alpha value is -1.91. The summed E-state index contributed by atoms with van der Waals surface area (Å²) >= 11 is 0. The monoisotopic (exact) mass is 184 g/mol. The zero-order valence-electron chi connectivity index (χ0n) is 6.56. The Balaban J connectivity index is 3.08. The van der Waals surface area contributed by atoms with Crippen LogP contribution in [-0.4, -0.2) is 26.4 Å². The smallest absolute Gasteiger partial charge is 0.307 e. The Labute approximate surface area is 73.5 Å². The molecule has 0 amide bonds. The molecule has 0 radical (unpaired) electrons. The summed E-state index contributed by atoms with van der Waals surface area (Å²) in [4.78, 5) is 10.3. The van der Waals surface area contributed by atoms with Crippen molar-refractivity contribution in [2.24, 2.45) is 0 Å². The molecule has 1 rings (SSSR count). The third-order valence-corrected chi connectivity index (χ3v) is 1.52. The molecular weight excluding hydrogens is 176 g/mol. The van der Waals surface area contributed by atoms with Gasteiger partial charge in [-0.2, -0.15) is 0 Å². The first-order valence-electron chi connectivity index (χ1n) is 3.46. The number of aromatic hydroxyl groups is 3. The highest BCUT2D eigenvalue weighted by atomic mass is 16.4. The van der Waals surface area contributed by atoms with Crippen LogP contribution in [0.5, 0.6) is 17.2 Å². The first-order valence-corrected chi connectivity index (χ1v) is 3.46. The Morgan fingerprint density at radius 2 is 1.62 bits per heavy atom. The van der Waals surface area contributed by atoms with Crippen molar-refractivity contribution in [2.75, 3.05) is 0 Å². The number of rotatable bonds is 2. The van der Waals surface area contributed by atoms with Crippen LogP contribution in [0.2, 0.25) is 0 Å². The van der Waals surface area contributed by atoms with Crippen LogP contribution in [0.1, 0.15) is 5.56 Å². The van der Waals surface area contributed by atoms with Gasteiger partial charge in [0.1, 0.15) is 5.75 Å². The van der Waals surface area contributed by atoms with Gasteiger partial charge >= 0.3 is 5.97 Å². The number of phenolic OH excluding ortho intramolecular Hbond substituents is 3. The molecule has 4 N–H and O–H groups in total. The zero-order valence-corrected chi connectivity index (χ0v) is 6.56. The van der Waals surface area contributed by atoms with Gasteiger partial charge in [-0.3, -0.25) is 4.79 Å². The van der Waals surface area contributed by atoms with Gasteiger partial charge in [0.2, 0.25) is 0 Å². The highest BCUT2D eigenvalue weighted by Gasteiger charge is 2.10. The quantitative estimate of drug-likeness (QED) is 0.394. The van der Waals surface area contributed by atoms with Crippen molar-refractivity contribution in [1.82, 2.24) is 0 Å². The van der Waals surface area contributed by atoms with E-state index < -0.39 is 23.9 Å². The first-order chi connectivity index (χ1) is 6.00. The molecule has 0 bridgehead atoms. The van der Waals surface area contributed by atoms with E-state index in [4.69, 9.17) is 20.4 Å². The Bertz CT molecular complexity index is 345. The van der Waals surface area contributed by atoms with Crippen LogP contribution in [0.3, 0.4) is 0 Å². The van der Waals surface area contributed by atoms with E-state index >= 15 is 0 Å². The van der Waals surface area contributed by atoms with Crippen LogP contribution in [0.25, 0.3) is 0 Å². The molecule has 1 aromatic rings. The summed E-state index contributed by atoms with van der Waals surface area (Å²) < 4.78 is 0. The minimum atomic E-state index is -1.12. The van der Waals surface area contributed by atoms with Gasteiger partial charge in [0.15, 0.2) is 11.5 Å². The van der Waals surface area contributed by atoms with E-state index in [2.05, 4.69) is 0 Å². The van der Waals surface area contributed by atoms with Crippen LogP contribution >= 0.6 is 0 Å². The van der Waals surface area contributed by atoms with Crippen LogP contribution in [-0.2, 0) is 11.2 Å². The lowest BCUT2D eigenvalue weighted by Crippen LogP contribution is -1.99. The lowest BCUT2D eigenvalue weighted by Gasteiger charge is -2.03. The second-order valence-electron chi connectivity index (χ2n) is 2.54. The van der Waals surface area contributed by atoms with Gasteiger partial charge in [0, 0.05) is 11.6 Å². The van der Waals surface area contributed by atoms with Crippen molar-refractivity contribution >= 4 is 5.97 Å². The molecule has 0 aliphatic heterocycles. The van der Waals surface area contributed by atoms with E-state index in [1.165, 1.54) is 0 Å². The number of hydrogen-bond acceptors (Lipinski definition) is 4. The standard InChI is InChI=1S/C8H8O5/c9-5-3-7(11)6(10)1-4(5)2-8(12)13/h1,3,9-11H,2H2,(H,12,13). The van der Waals surface area contributed by atoms with Crippen molar-refractivity contribution in [2.45, 2.75) is 6.42 Å². The summed E-state index contributed by atoms with van der Waals surface area (Å²) in [6.07, 6.45) is -0.403. The SMILES string of the molecule is O=C(O)Cc1cc(O)c(O)cc1O. The number of carboxylic acids is 1. The van der Waals surface area contributed by atoms with Crippen molar-refractivity contribution in [3.05, 3.63) is 17.7 Å². The summed E-state index contributed by atoms with van der Waals surface area (Å²) in [5.74, 6) is -2.40. The fraction of sp³-hybridized carbons (Fsp3) is 0.125. The molecule has 5 nitrogen and oxygen atoms in total. The average Bonchev–Trinajstić information content (AvgIpc) is 1.99. The van der Waals surface area contributed by atoms with Gasteiger partial charge in [-0.05, 0) is 6.07 Å². The second kappa shape index (κ2) is 3.22. The molecule has 5 heteroatoms. The Morgan fingerprint density at radius 3 is 2.15 bits per heavy atom. The molecule has 0 aliphatic carbocycles. The molecule has 0 spiro atoms. The molecule has 0 unspecified atom stereocenters. The molecule has 0 atom stereocenters. The van der Waals surface area contributed by atoms with E-state index in [1.54, 1.807) is 0 Å². The molecular formula is C8H8O5. The minimum Gasteiger partial charge on any atom is -0.508 e. The summed E-state index contributed by atoms with van der Waals surface area (Å²) in [6.45, 7) is 0. The molecule has 0 saturated heterocycles. The van der Waals surface area contributed by atoms with Crippen LogP contribution in [0.15, 0.2) is 12.1 Å². The molecule has 0 fully saturated rings. The largest absolute Gasteiger partial charge is 0.508 e. The second-order valence-corrected chi connectivity index (χ2v) is 2.54. The van der Waals surface area contributed by atoms with Crippen LogP contribution in [0, 0.1) is 0 Å². The molecule has 0 aliphatic rings. The number of hydrogen-bond donors (Lipinski definition) is 4. The highest BCUT2D eigenvalue weighted by Crippen LogP contribution is 2.32. The van der Waals surface area contributed by atoms with Crippen LogP contribution < -0.4 is 0 Å². The molecule has 0 saturated carbocycles. The third kappa shape index (κ3) is 2.02. The predicted molar refractivity (Wildman–Crippen MR) is 42.8 cm³/mol. The van der Waals surface area contributed by atoms with Crippen molar-refractivity contribution in [3.63, 3.8) is 0 Å². The minimum absolute atomic E-state index is 0.0581. The van der Waals surface area contributed by atoms with Gasteiger partial charge < -0.3 is 20.4 Å². The van der Waals surface area contributed by atoms with E-state index in [0.29, 0.717) is 0 Å². The third-order valence-electron chi connectivity index (χ3n) is 1.52. The lowest BCUT2D eigenvalue weighted by molar-refractivity contribution is -0.136. The average molecular weight is 184 g/mol. The van der Waals surface area contributed by atoms with Gasteiger partial charge in [0.25, 0.3) is 0 Å². The maximum absolute atomic E-state index is 10.3. The van der Waals surface area contributed by atoms with E-state index in [9.17, 15) is 4.79 Å². The topological polar surface area (TPSA) is 98.0 Å². The molecule has 0 aromatic heterocycles. The number of carbonyl (C=O) groups is 1. The zero-order chi connectivity index (χ0) is 10.0. The molecule has 13 heavy (non-hydrogen) atoms. The normalized spacial score (nSPS) is 9.85. The van der Waals surface area contributed by atoms with Gasteiger partial charge in [0.05, 0.1) is 6.42 Å². The predicted octanol–water partition coefficient (Wildman–Crippen LogP) is 0.430. The number of phenols is 3.